The van der Waals surface area contributed by atoms with E-state index in [1.54, 1.807) is 0 Å². The molecule has 80 valence electrons. The van der Waals surface area contributed by atoms with Gasteiger partial charge in [0, 0.05) is 11.4 Å². The molecule has 0 saturated carbocycles. The predicted molar refractivity (Wildman–Crippen MR) is 56.6 cm³/mol. The minimum atomic E-state index is -0.620. The lowest BCUT2D eigenvalue weighted by Gasteiger charge is -2.17. The van der Waals surface area contributed by atoms with Gasteiger partial charge in [-0.05, 0) is 38.2 Å². The summed E-state index contributed by atoms with van der Waals surface area (Å²) < 4.78 is 0. The third-order valence-corrected chi connectivity index (χ3v) is 2.62. The molecule has 1 aliphatic carbocycles. The summed E-state index contributed by atoms with van der Waals surface area (Å²) >= 11 is 0. The van der Waals surface area contributed by atoms with Crippen molar-refractivity contribution < 1.29 is 4.79 Å². The van der Waals surface area contributed by atoms with Crippen molar-refractivity contribution in [3.05, 3.63) is 17.0 Å². The van der Waals surface area contributed by atoms with Crippen LogP contribution >= 0.6 is 0 Å². The number of aryl methyl sites for hydroxylation is 2. The molecule has 0 fully saturated rings. The quantitative estimate of drug-likeness (QED) is 0.723. The summed E-state index contributed by atoms with van der Waals surface area (Å²) in [6.07, 6.45) is 4.35. The van der Waals surface area contributed by atoms with E-state index in [1.807, 2.05) is 6.92 Å². The smallest absolute Gasteiger partial charge is 0.319 e. The second-order valence-corrected chi connectivity index (χ2v) is 3.75. The monoisotopic (exact) mass is 206 g/mol. The van der Waals surface area contributed by atoms with E-state index in [1.165, 1.54) is 12.0 Å². The Balaban J connectivity index is 2.36. The van der Waals surface area contributed by atoms with Gasteiger partial charge in [0.05, 0.1) is 0 Å². The van der Waals surface area contributed by atoms with Crippen LogP contribution in [0.5, 0.6) is 0 Å². The number of rotatable bonds is 1. The second-order valence-electron chi connectivity index (χ2n) is 3.75. The Morgan fingerprint density at radius 3 is 2.80 bits per heavy atom. The number of hydrogen-bond acceptors (Lipinski definition) is 3. The van der Waals surface area contributed by atoms with Crippen molar-refractivity contribution in [1.29, 1.82) is 0 Å². The van der Waals surface area contributed by atoms with Gasteiger partial charge in [-0.25, -0.2) is 14.8 Å². The number of carbonyl (C=O) groups is 1. The van der Waals surface area contributed by atoms with Gasteiger partial charge in [0.2, 0.25) is 5.95 Å². The molecule has 1 aromatic rings. The minimum Gasteiger partial charge on any atom is -0.351 e. The molecule has 3 N–H and O–H groups in total. The Hall–Kier alpha value is -1.65. The molecule has 2 rings (SSSR count). The maximum absolute atomic E-state index is 10.7. The molecule has 0 bridgehead atoms. The zero-order chi connectivity index (χ0) is 10.8. The number of aromatic nitrogens is 2. The van der Waals surface area contributed by atoms with Crippen molar-refractivity contribution in [1.82, 2.24) is 9.97 Å². The summed E-state index contributed by atoms with van der Waals surface area (Å²) in [4.78, 5) is 19.2. The topological polar surface area (TPSA) is 80.9 Å². The van der Waals surface area contributed by atoms with E-state index in [-0.39, 0.29) is 0 Å². The predicted octanol–water partition coefficient (Wildman–Crippen LogP) is 1.15. The standard InChI is InChI=1S/C10H14N4O/c1-6-7-4-2-3-5-8(7)13-10(12-6)14-9(11)15/h2-5H2,1H3,(H3,11,12,13,14,15). The van der Waals surface area contributed by atoms with Crippen LogP contribution in [0.2, 0.25) is 0 Å². The molecule has 1 heterocycles. The number of hydrogen-bond donors (Lipinski definition) is 2. The molecule has 0 saturated heterocycles. The molecule has 1 aromatic heterocycles. The molecule has 0 spiro atoms. The van der Waals surface area contributed by atoms with E-state index >= 15 is 0 Å². The van der Waals surface area contributed by atoms with E-state index in [0.29, 0.717) is 5.95 Å². The van der Waals surface area contributed by atoms with Crippen molar-refractivity contribution in [2.45, 2.75) is 32.6 Å². The Morgan fingerprint density at radius 2 is 2.07 bits per heavy atom. The molecule has 1 aliphatic rings. The fourth-order valence-electron chi connectivity index (χ4n) is 1.95. The molecule has 15 heavy (non-hydrogen) atoms. The third-order valence-electron chi connectivity index (χ3n) is 2.62. The number of anilines is 1. The number of urea groups is 1. The van der Waals surface area contributed by atoms with E-state index in [0.717, 1.165) is 30.7 Å². The molecule has 0 atom stereocenters. The molecule has 2 amide bonds. The average molecular weight is 206 g/mol. The van der Waals surface area contributed by atoms with Crippen molar-refractivity contribution >= 4 is 12.0 Å². The highest BCUT2D eigenvalue weighted by Crippen LogP contribution is 2.22. The Kier molecular flexibility index (Phi) is 2.53. The number of primary amides is 1. The fraction of sp³-hybridized carbons (Fsp3) is 0.500. The highest BCUT2D eigenvalue weighted by Gasteiger charge is 2.15. The number of nitrogens with two attached hydrogens (primary N) is 1. The van der Waals surface area contributed by atoms with E-state index in [2.05, 4.69) is 15.3 Å². The molecule has 5 nitrogen and oxygen atoms in total. The van der Waals surface area contributed by atoms with Crippen LogP contribution in [0.3, 0.4) is 0 Å². The van der Waals surface area contributed by atoms with Crippen LogP contribution in [0, 0.1) is 6.92 Å². The lowest BCUT2D eigenvalue weighted by Crippen LogP contribution is -2.22. The number of carbonyl (C=O) groups excluding carboxylic acids is 1. The number of nitrogens with zero attached hydrogens (tertiary/aromatic N) is 2. The third kappa shape index (κ3) is 2.06. The SMILES string of the molecule is Cc1nc(NC(N)=O)nc2c1CCCC2. The molecule has 0 aromatic carbocycles. The van der Waals surface area contributed by atoms with E-state index < -0.39 is 6.03 Å². The Labute approximate surface area is 88.1 Å². The van der Waals surface area contributed by atoms with Gasteiger partial charge in [0.25, 0.3) is 0 Å². The van der Waals surface area contributed by atoms with Crippen LogP contribution in [0.4, 0.5) is 10.7 Å². The van der Waals surface area contributed by atoms with Crippen molar-refractivity contribution in [2.24, 2.45) is 5.73 Å². The largest absolute Gasteiger partial charge is 0.351 e. The van der Waals surface area contributed by atoms with Crippen LogP contribution in [0.1, 0.15) is 29.8 Å². The van der Waals surface area contributed by atoms with E-state index in [9.17, 15) is 4.79 Å². The normalized spacial score (nSPS) is 14.5. The van der Waals surface area contributed by atoms with Gasteiger partial charge < -0.3 is 5.73 Å². The van der Waals surface area contributed by atoms with Gasteiger partial charge in [0.1, 0.15) is 0 Å². The summed E-state index contributed by atoms with van der Waals surface area (Å²) in [5.74, 6) is 0.320. The summed E-state index contributed by atoms with van der Waals surface area (Å²) in [5, 5.41) is 2.41. The Morgan fingerprint density at radius 1 is 1.33 bits per heavy atom. The van der Waals surface area contributed by atoms with Crippen molar-refractivity contribution in [2.75, 3.05) is 5.32 Å². The molecular weight excluding hydrogens is 192 g/mol. The van der Waals surface area contributed by atoms with Gasteiger partial charge in [-0.2, -0.15) is 0 Å². The molecule has 0 unspecified atom stereocenters. The maximum atomic E-state index is 10.7. The zero-order valence-corrected chi connectivity index (χ0v) is 8.71. The first-order valence-electron chi connectivity index (χ1n) is 5.09. The lowest BCUT2D eigenvalue weighted by molar-refractivity contribution is 0.259. The van der Waals surface area contributed by atoms with Crippen LogP contribution < -0.4 is 11.1 Å². The number of nitrogens with one attached hydrogen (secondary N) is 1. The van der Waals surface area contributed by atoms with Gasteiger partial charge in [0.15, 0.2) is 0 Å². The van der Waals surface area contributed by atoms with Gasteiger partial charge >= 0.3 is 6.03 Å². The first-order valence-corrected chi connectivity index (χ1v) is 5.09. The summed E-state index contributed by atoms with van der Waals surface area (Å²) in [7, 11) is 0. The average Bonchev–Trinajstić information content (AvgIpc) is 2.16. The zero-order valence-electron chi connectivity index (χ0n) is 8.71. The number of fused-ring (bicyclic) bond motifs is 1. The number of amides is 2. The van der Waals surface area contributed by atoms with Gasteiger partial charge in [-0.15, -0.1) is 0 Å². The van der Waals surface area contributed by atoms with Gasteiger partial charge in [-0.3, -0.25) is 5.32 Å². The Bertz CT molecular complexity index is 403. The maximum Gasteiger partial charge on any atom is 0.319 e. The molecule has 5 heteroatoms. The van der Waals surface area contributed by atoms with Crippen LogP contribution in [0.25, 0.3) is 0 Å². The summed E-state index contributed by atoms with van der Waals surface area (Å²) in [6.45, 7) is 1.94. The van der Waals surface area contributed by atoms with E-state index in [4.69, 9.17) is 5.73 Å². The van der Waals surface area contributed by atoms with Crippen LogP contribution in [-0.2, 0) is 12.8 Å². The van der Waals surface area contributed by atoms with Gasteiger partial charge in [-0.1, -0.05) is 0 Å². The summed E-state index contributed by atoms with van der Waals surface area (Å²) in [6, 6.07) is -0.620. The van der Waals surface area contributed by atoms with Crippen molar-refractivity contribution in [3.63, 3.8) is 0 Å². The highest BCUT2D eigenvalue weighted by molar-refractivity contribution is 5.85. The van der Waals surface area contributed by atoms with Crippen LogP contribution in [0.15, 0.2) is 0 Å². The first-order chi connectivity index (χ1) is 7.16. The molecule has 0 radical (unpaired) electrons. The molecule has 0 aliphatic heterocycles. The first kappa shape index (κ1) is 9.89. The lowest BCUT2D eigenvalue weighted by atomic mass is 9.95. The van der Waals surface area contributed by atoms with Crippen LogP contribution in [-0.4, -0.2) is 16.0 Å². The molecular formula is C10H14N4O. The second kappa shape index (κ2) is 3.84. The fourth-order valence-corrected chi connectivity index (χ4v) is 1.95. The highest BCUT2D eigenvalue weighted by atomic mass is 16.2. The summed E-state index contributed by atoms with van der Waals surface area (Å²) in [5.41, 5.74) is 8.25. The van der Waals surface area contributed by atoms with Crippen molar-refractivity contribution in [3.8, 4) is 0 Å². The minimum absolute atomic E-state index is 0.320.